The molecule has 0 bridgehead atoms. The van der Waals surface area contributed by atoms with Gasteiger partial charge >= 0.3 is 0 Å². The van der Waals surface area contributed by atoms with Crippen LogP contribution < -0.4 is 4.90 Å². The van der Waals surface area contributed by atoms with Crippen LogP contribution in [0.3, 0.4) is 0 Å². The molecule has 4 heteroatoms. The van der Waals surface area contributed by atoms with Gasteiger partial charge in [-0.15, -0.1) is 11.3 Å². The zero-order valence-corrected chi connectivity index (χ0v) is 11.4. The number of hydrogen-bond donors (Lipinski definition) is 0. The summed E-state index contributed by atoms with van der Waals surface area (Å²) in [5.41, 5.74) is 1.12. The van der Waals surface area contributed by atoms with E-state index in [1.54, 1.807) is 11.3 Å². The average molecular weight is 249 g/mol. The number of nitrogens with zero attached hydrogens (tertiary/aromatic N) is 3. The van der Waals surface area contributed by atoms with E-state index >= 15 is 0 Å². The summed E-state index contributed by atoms with van der Waals surface area (Å²) in [6.45, 7) is 5.50. The lowest BCUT2D eigenvalue weighted by atomic mass is 10.1. The van der Waals surface area contributed by atoms with Gasteiger partial charge in [-0.1, -0.05) is 6.92 Å². The SMILES string of the molecule is CCc1nc(N2CCCCC2C)sc1CC#N. The highest BCUT2D eigenvalue weighted by Crippen LogP contribution is 2.31. The van der Waals surface area contributed by atoms with Crippen molar-refractivity contribution in [3.63, 3.8) is 0 Å². The third-order valence-electron chi connectivity index (χ3n) is 3.39. The van der Waals surface area contributed by atoms with E-state index in [2.05, 4.69) is 24.8 Å². The molecule has 1 aliphatic heterocycles. The lowest BCUT2D eigenvalue weighted by molar-refractivity contribution is 0.484. The molecule has 0 N–H and O–H groups in total. The Morgan fingerprint density at radius 3 is 3.00 bits per heavy atom. The smallest absolute Gasteiger partial charge is 0.186 e. The summed E-state index contributed by atoms with van der Waals surface area (Å²) >= 11 is 1.71. The molecule has 92 valence electrons. The Morgan fingerprint density at radius 2 is 2.35 bits per heavy atom. The monoisotopic (exact) mass is 249 g/mol. The van der Waals surface area contributed by atoms with Crippen molar-refractivity contribution in [1.29, 1.82) is 5.26 Å². The Labute approximate surface area is 107 Å². The highest BCUT2D eigenvalue weighted by atomic mass is 32.1. The van der Waals surface area contributed by atoms with E-state index in [-0.39, 0.29) is 0 Å². The topological polar surface area (TPSA) is 39.9 Å². The van der Waals surface area contributed by atoms with E-state index in [1.165, 1.54) is 19.3 Å². The maximum absolute atomic E-state index is 8.83. The molecule has 1 unspecified atom stereocenters. The first kappa shape index (κ1) is 12.4. The second kappa shape index (κ2) is 5.50. The molecular weight excluding hydrogens is 230 g/mol. The maximum atomic E-state index is 8.83. The van der Waals surface area contributed by atoms with Gasteiger partial charge in [0.1, 0.15) is 0 Å². The minimum atomic E-state index is 0.503. The summed E-state index contributed by atoms with van der Waals surface area (Å²) in [6, 6.07) is 2.83. The van der Waals surface area contributed by atoms with Gasteiger partial charge in [-0.25, -0.2) is 4.98 Å². The molecule has 0 spiro atoms. The third kappa shape index (κ3) is 2.61. The van der Waals surface area contributed by atoms with E-state index in [0.29, 0.717) is 12.5 Å². The molecule has 0 saturated carbocycles. The van der Waals surface area contributed by atoms with Crippen molar-refractivity contribution in [3.8, 4) is 6.07 Å². The van der Waals surface area contributed by atoms with Crippen LogP contribution in [0, 0.1) is 11.3 Å². The number of piperidine rings is 1. The predicted octanol–water partition coefficient (Wildman–Crippen LogP) is 3.15. The largest absolute Gasteiger partial charge is 0.345 e. The van der Waals surface area contributed by atoms with Crippen LogP contribution in [0.5, 0.6) is 0 Å². The van der Waals surface area contributed by atoms with Crippen LogP contribution in [-0.2, 0) is 12.8 Å². The Morgan fingerprint density at radius 1 is 1.53 bits per heavy atom. The first-order chi connectivity index (χ1) is 8.26. The molecule has 0 radical (unpaired) electrons. The third-order valence-corrected chi connectivity index (χ3v) is 4.52. The quantitative estimate of drug-likeness (QED) is 0.826. The summed E-state index contributed by atoms with van der Waals surface area (Å²) in [6.07, 6.45) is 5.28. The lowest BCUT2D eigenvalue weighted by Gasteiger charge is -2.33. The molecule has 1 atom stereocenters. The number of nitriles is 1. The fourth-order valence-corrected chi connectivity index (χ4v) is 3.57. The second-order valence-electron chi connectivity index (χ2n) is 4.59. The van der Waals surface area contributed by atoms with Gasteiger partial charge in [0.2, 0.25) is 0 Å². The summed E-state index contributed by atoms with van der Waals surface area (Å²) < 4.78 is 0. The van der Waals surface area contributed by atoms with E-state index in [0.717, 1.165) is 28.7 Å². The number of thiazole rings is 1. The highest BCUT2D eigenvalue weighted by molar-refractivity contribution is 7.15. The summed E-state index contributed by atoms with van der Waals surface area (Å²) in [7, 11) is 0. The van der Waals surface area contributed by atoms with Crippen molar-refractivity contribution in [2.75, 3.05) is 11.4 Å². The van der Waals surface area contributed by atoms with Crippen molar-refractivity contribution in [1.82, 2.24) is 4.98 Å². The fraction of sp³-hybridized carbons (Fsp3) is 0.692. The molecule has 2 rings (SSSR count). The first-order valence-electron chi connectivity index (χ1n) is 6.38. The second-order valence-corrected chi connectivity index (χ2v) is 5.66. The van der Waals surface area contributed by atoms with Crippen molar-refractivity contribution in [3.05, 3.63) is 10.6 Å². The van der Waals surface area contributed by atoms with Gasteiger partial charge in [-0.3, -0.25) is 0 Å². The number of aromatic nitrogens is 1. The Hall–Kier alpha value is -1.08. The van der Waals surface area contributed by atoms with Gasteiger partial charge in [0.15, 0.2) is 5.13 Å². The molecule has 0 aromatic carbocycles. The van der Waals surface area contributed by atoms with Crippen LogP contribution in [0.2, 0.25) is 0 Å². The minimum Gasteiger partial charge on any atom is -0.345 e. The van der Waals surface area contributed by atoms with Crippen LogP contribution in [-0.4, -0.2) is 17.6 Å². The maximum Gasteiger partial charge on any atom is 0.186 e. The van der Waals surface area contributed by atoms with Gasteiger partial charge < -0.3 is 4.90 Å². The summed E-state index contributed by atoms with van der Waals surface area (Å²) in [4.78, 5) is 8.28. The Kier molecular flexibility index (Phi) is 4.01. The Balaban J connectivity index is 2.23. The van der Waals surface area contributed by atoms with Crippen molar-refractivity contribution >= 4 is 16.5 Å². The Bertz CT molecular complexity index is 419. The molecule has 1 aliphatic rings. The van der Waals surface area contributed by atoms with Crippen molar-refractivity contribution < 1.29 is 0 Å². The normalized spacial score (nSPS) is 20.3. The van der Waals surface area contributed by atoms with Crippen LogP contribution in [0.4, 0.5) is 5.13 Å². The van der Waals surface area contributed by atoms with E-state index < -0.39 is 0 Å². The molecule has 3 nitrogen and oxygen atoms in total. The molecular formula is C13H19N3S. The van der Waals surface area contributed by atoms with Crippen LogP contribution in [0.15, 0.2) is 0 Å². The number of hydrogen-bond acceptors (Lipinski definition) is 4. The minimum absolute atomic E-state index is 0.503. The van der Waals surface area contributed by atoms with Gasteiger partial charge in [0, 0.05) is 17.5 Å². The van der Waals surface area contributed by atoms with E-state index in [4.69, 9.17) is 10.2 Å². The van der Waals surface area contributed by atoms with Gasteiger partial charge in [-0.2, -0.15) is 5.26 Å². The molecule has 17 heavy (non-hydrogen) atoms. The molecule has 0 aliphatic carbocycles. The zero-order chi connectivity index (χ0) is 12.3. The predicted molar refractivity (Wildman–Crippen MR) is 71.5 cm³/mol. The fourth-order valence-electron chi connectivity index (χ4n) is 2.36. The average Bonchev–Trinajstić information content (AvgIpc) is 2.73. The lowest BCUT2D eigenvalue weighted by Crippen LogP contribution is -2.37. The number of aryl methyl sites for hydroxylation is 1. The molecule has 1 saturated heterocycles. The van der Waals surface area contributed by atoms with Crippen molar-refractivity contribution in [2.45, 2.75) is 52.0 Å². The van der Waals surface area contributed by atoms with Crippen LogP contribution in [0.25, 0.3) is 0 Å². The molecule has 0 amide bonds. The summed E-state index contributed by atoms with van der Waals surface area (Å²) in [5, 5.41) is 9.95. The van der Waals surface area contributed by atoms with Crippen LogP contribution >= 0.6 is 11.3 Å². The molecule has 1 fully saturated rings. The number of rotatable bonds is 3. The summed E-state index contributed by atoms with van der Waals surface area (Å²) in [5.74, 6) is 0. The van der Waals surface area contributed by atoms with Gasteiger partial charge in [-0.05, 0) is 32.6 Å². The number of anilines is 1. The van der Waals surface area contributed by atoms with Crippen LogP contribution in [0.1, 0.15) is 43.7 Å². The standard InChI is InChI=1S/C13H19N3S/c1-3-11-12(7-8-14)17-13(15-11)16-9-5-4-6-10(16)2/h10H,3-7,9H2,1-2H3. The zero-order valence-electron chi connectivity index (χ0n) is 10.6. The first-order valence-corrected chi connectivity index (χ1v) is 7.20. The molecule has 1 aromatic heterocycles. The molecule has 1 aromatic rings. The van der Waals surface area contributed by atoms with Gasteiger partial charge in [0.05, 0.1) is 18.2 Å². The molecule has 2 heterocycles. The van der Waals surface area contributed by atoms with Crippen molar-refractivity contribution in [2.24, 2.45) is 0 Å². The van der Waals surface area contributed by atoms with E-state index in [9.17, 15) is 0 Å². The highest BCUT2D eigenvalue weighted by Gasteiger charge is 2.22. The van der Waals surface area contributed by atoms with Gasteiger partial charge in [0.25, 0.3) is 0 Å². The van der Waals surface area contributed by atoms with E-state index in [1.807, 2.05) is 0 Å².